The Hall–Kier alpha value is -1.47. The highest BCUT2D eigenvalue weighted by Gasteiger charge is 2.48. The second-order valence-electron chi connectivity index (χ2n) is 7.01. The number of benzene rings is 1. The van der Waals surface area contributed by atoms with Crippen LogP contribution in [0, 0.1) is 0 Å². The zero-order valence-electron chi connectivity index (χ0n) is 15.9. The first-order chi connectivity index (χ1) is 13.2. The predicted octanol–water partition coefficient (Wildman–Crippen LogP) is 2.55. The van der Waals surface area contributed by atoms with Crippen LogP contribution in [0.25, 0.3) is 0 Å². The van der Waals surface area contributed by atoms with Gasteiger partial charge in [-0.3, -0.25) is 19.7 Å². The molecule has 0 aromatic heterocycles. The van der Waals surface area contributed by atoms with E-state index in [1.54, 1.807) is 31.2 Å². The number of thioether (sulfide) groups is 1. The van der Waals surface area contributed by atoms with Crippen LogP contribution in [0.2, 0.25) is 0 Å². The van der Waals surface area contributed by atoms with E-state index in [1.165, 1.54) is 0 Å². The van der Waals surface area contributed by atoms with E-state index >= 15 is 0 Å². The number of esters is 1. The zero-order valence-corrected chi connectivity index (χ0v) is 17.9. The van der Waals surface area contributed by atoms with Crippen LogP contribution in [-0.4, -0.2) is 44.3 Å². The summed E-state index contributed by atoms with van der Waals surface area (Å²) in [5.74, 6) is -0.607. The summed E-state index contributed by atoms with van der Waals surface area (Å²) < 4.78 is 4.30. The van der Waals surface area contributed by atoms with Gasteiger partial charge in [-0.2, -0.15) is 0 Å². The molecule has 3 unspecified atom stereocenters. The van der Waals surface area contributed by atoms with Crippen LogP contribution in [0.4, 0.5) is 4.79 Å². The fourth-order valence-electron chi connectivity index (χ4n) is 2.96. The van der Waals surface area contributed by atoms with Crippen LogP contribution in [-0.2, 0) is 9.59 Å². The molecule has 0 radical (unpaired) electrons. The normalized spacial score (nSPS) is 22.5. The summed E-state index contributed by atoms with van der Waals surface area (Å²) in [4.78, 5) is 35.5. The maximum atomic E-state index is 12.1. The number of carbonyl (C=O) groups excluding carboxylic acids is 3. The lowest BCUT2D eigenvalue weighted by Crippen LogP contribution is -2.37. The minimum absolute atomic E-state index is 0.133. The molecule has 0 spiro atoms. The zero-order chi connectivity index (χ0) is 20.9. The van der Waals surface area contributed by atoms with Crippen LogP contribution < -0.4 is 10.1 Å². The van der Waals surface area contributed by atoms with Gasteiger partial charge >= 0.3 is 5.97 Å². The van der Waals surface area contributed by atoms with Gasteiger partial charge < -0.3 is 14.9 Å². The number of aliphatic hydroxyl groups is 2. The molecule has 3 N–H and O–H groups in total. The molecule has 1 saturated heterocycles. The molecule has 2 amide bonds. The number of rotatable bonds is 9. The monoisotopic (exact) mass is 427 g/mol. The molecular weight excluding hydrogens is 401 g/mol. The predicted molar refractivity (Wildman–Crippen MR) is 110 cm³/mol. The van der Waals surface area contributed by atoms with Gasteiger partial charge in [-0.25, -0.2) is 0 Å². The third-order valence-corrected chi connectivity index (χ3v) is 7.05. The Labute approximate surface area is 170 Å². The van der Waals surface area contributed by atoms with Crippen LogP contribution >= 0.6 is 21.0 Å². The molecule has 1 aliphatic rings. The van der Waals surface area contributed by atoms with Crippen LogP contribution in [0.1, 0.15) is 50.8 Å². The number of imide groups is 1. The van der Waals surface area contributed by atoms with E-state index in [2.05, 4.69) is 14.6 Å². The molecule has 0 aliphatic carbocycles. The van der Waals surface area contributed by atoms with E-state index in [0.29, 0.717) is 12.2 Å². The summed E-state index contributed by atoms with van der Waals surface area (Å²) in [6.07, 6.45) is -0.288. The van der Waals surface area contributed by atoms with Crippen molar-refractivity contribution in [3.63, 3.8) is 0 Å². The Morgan fingerprint density at radius 2 is 1.89 bits per heavy atom. The third-order valence-electron chi connectivity index (χ3n) is 4.60. The van der Waals surface area contributed by atoms with Crippen LogP contribution in [0.3, 0.4) is 0 Å². The lowest BCUT2D eigenvalue weighted by molar-refractivity contribution is -0.136. The number of carbonyl (C=O) groups is 3. The molecule has 1 aromatic carbocycles. The lowest BCUT2D eigenvalue weighted by atomic mass is 9.98. The summed E-state index contributed by atoms with van der Waals surface area (Å²) in [5.41, 5.74) is 0.489. The van der Waals surface area contributed by atoms with E-state index in [9.17, 15) is 24.6 Å². The van der Waals surface area contributed by atoms with E-state index in [0.717, 1.165) is 23.7 Å². The first kappa shape index (κ1) is 22.8. The van der Waals surface area contributed by atoms with Crippen molar-refractivity contribution >= 4 is 38.1 Å². The highest BCUT2D eigenvalue weighted by Crippen LogP contribution is 2.47. The maximum Gasteiger partial charge on any atom is 0.313 e. The second kappa shape index (κ2) is 9.83. The molecule has 154 valence electrons. The van der Waals surface area contributed by atoms with Gasteiger partial charge in [-0.1, -0.05) is 25.5 Å². The van der Waals surface area contributed by atoms with Gasteiger partial charge in [0.25, 0.3) is 5.24 Å². The highest BCUT2D eigenvalue weighted by atomic mass is 32.2. The SMILES string of the molecule is CCC[C@@H](O)C[C@@H](O)CC(=O)Oc1ccc(C(P)C2(C)SC(=O)NC2=O)cc1. The van der Waals surface area contributed by atoms with Crippen molar-refractivity contribution in [3.05, 3.63) is 29.8 Å². The first-order valence-electron chi connectivity index (χ1n) is 9.12. The van der Waals surface area contributed by atoms with E-state index in [1.807, 2.05) is 6.92 Å². The van der Waals surface area contributed by atoms with Gasteiger partial charge in [0.05, 0.1) is 18.6 Å². The minimum atomic E-state index is -0.958. The topological polar surface area (TPSA) is 113 Å². The molecule has 5 atom stereocenters. The molecule has 7 nitrogen and oxygen atoms in total. The molecule has 2 rings (SSSR count). The van der Waals surface area contributed by atoms with Crippen molar-refractivity contribution < 1.29 is 29.3 Å². The Kier molecular flexibility index (Phi) is 8.01. The Morgan fingerprint density at radius 3 is 2.43 bits per heavy atom. The first-order valence-corrected chi connectivity index (χ1v) is 10.6. The molecule has 1 fully saturated rings. The summed E-state index contributed by atoms with van der Waals surface area (Å²) >= 11 is 0.955. The molecular formula is C19H26NO6PS. The number of nitrogens with one attached hydrogen (secondary N) is 1. The average molecular weight is 427 g/mol. The molecule has 0 bridgehead atoms. The van der Waals surface area contributed by atoms with Gasteiger partial charge in [0.15, 0.2) is 0 Å². The van der Waals surface area contributed by atoms with Crippen molar-refractivity contribution in [1.82, 2.24) is 5.32 Å². The highest BCUT2D eigenvalue weighted by molar-refractivity contribution is 8.16. The van der Waals surface area contributed by atoms with E-state index in [-0.39, 0.29) is 29.6 Å². The fraction of sp³-hybridized carbons (Fsp3) is 0.526. The fourth-order valence-corrected chi connectivity index (χ4v) is 4.47. The Balaban J connectivity index is 1.93. The van der Waals surface area contributed by atoms with Gasteiger partial charge in [0, 0.05) is 5.66 Å². The Morgan fingerprint density at radius 1 is 1.25 bits per heavy atom. The van der Waals surface area contributed by atoms with Gasteiger partial charge in [0.2, 0.25) is 5.91 Å². The van der Waals surface area contributed by atoms with Crippen molar-refractivity contribution in [2.75, 3.05) is 0 Å². The summed E-state index contributed by atoms with van der Waals surface area (Å²) in [6.45, 7) is 3.64. The molecule has 1 aliphatic heterocycles. The van der Waals surface area contributed by atoms with Crippen LogP contribution in [0.15, 0.2) is 24.3 Å². The number of aliphatic hydroxyl groups excluding tert-OH is 2. The lowest BCUT2D eigenvalue weighted by Gasteiger charge is -2.26. The van der Waals surface area contributed by atoms with Crippen molar-refractivity contribution in [3.8, 4) is 5.75 Å². The molecule has 28 heavy (non-hydrogen) atoms. The van der Waals surface area contributed by atoms with Gasteiger partial charge in [-0.15, -0.1) is 9.24 Å². The standard InChI is InChI=1S/C19H26NO6PS/c1-3-4-12(21)9-13(22)10-15(23)26-14-7-5-11(6-8-14)16(27)19(2)17(24)20-18(25)28-19/h5-8,12-13,16,21-22H,3-4,9-10,27H2,1-2H3,(H,20,24,25)/t12-,13-,16?,19?/m1/s1. The number of hydrogen-bond acceptors (Lipinski definition) is 7. The molecule has 1 heterocycles. The van der Waals surface area contributed by atoms with Crippen molar-refractivity contribution in [2.24, 2.45) is 0 Å². The molecule has 9 heteroatoms. The summed E-state index contributed by atoms with van der Waals surface area (Å²) in [7, 11) is 2.58. The minimum Gasteiger partial charge on any atom is -0.426 e. The third kappa shape index (κ3) is 5.77. The Bertz CT molecular complexity index is 728. The number of hydrogen-bond donors (Lipinski definition) is 3. The van der Waals surface area contributed by atoms with Gasteiger partial charge in [0.1, 0.15) is 10.5 Å². The maximum absolute atomic E-state index is 12.1. The molecule has 0 saturated carbocycles. The van der Waals surface area contributed by atoms with Gasteiger partial charge in [-0.05, 0) is 49.2 Å². The summed E-state index contributed by atoms with van der Waals surface area (Å²) in [6, 6.07) is 6.66. The largest absolute Gasteiger partial charge is 0.426 e. The number of amides is 2. The average Bonchev–Trinajstić information content (AvgIpc) is 2.87. The quantitative estimate of drug-likeness (QED) is 0.315. The second-order valence-corrected chi connectivity index (χ2v) is 9.10. The van der Waals surface area contributed by atoms with E-state index in [4.69, 9.17) is 4.74 Å². The van der Waals surface area contributed by atoms with Crippen molar-refractivity contribution in [2.45, 2.75) is 62.1 Å². The summed E-state index contributed by atoms with van der Waals surface area (Å²) in [5, 5.41) is 21.5. The van der Waals surface area contributed by atoms with Crippen LogP contribution in [0.5, 0.6) is 5.75 Å². The van der Waals surface area contributed by atoms with E-state index < -0.39 is 22.9 Å². The molecule has 1 aromatic rings. The number of ether oxygens (including phenoxy) is 1. The van der Waals surface area contributed by atoms with Crippen molar-refractivity contribution in [1.29, 1.82) is 0 Å². The smallest absolute Gasteiger partial charge is 0.313 e.